The summed E-state index contributed by atoms with van der Waals surface area (Å²) in [6, 6.07) is -0.878. The average Bonchev–Trinajstić information content (AvgIpc) is 2.35. The number of amides is 1. The number of rotatable bonds is 6. The third-order valence-electron chi connectivity index (χ3n) is 4.14. The van der Waals surface area contributed by atoms with Crippen molar-refractivity contribution in [3.63, 3.8) is 0 Å². The van der Waals surface area contributed by atoms with Gasteiger partial charge in [-0.15, -0.1) is 0 Å². The maximum Gasteiger partial charge on any atom is 0.325 e. The van der Waals surface area contributed by atoms with E-state index in [-0.39, 0.29) is 18.6 Å². The number of aliphatic carboxylic acids is 1. The highest BCUT2D eigenvalue weighted by Crippen LogP contribution is 2.35. The number of hydrogen-bond acceptors (Lipinski definition) is 3. The smallest absolute Gasteiger partial charge is 0.325 e. The van der Waals surface area contributed by atoms with E-state index in [2.05, 4.69) is 26.1 Å². The van der Waals surface area contributed by atoms with Crippen LogP contribution >= 0.6 is 0 Å². The zero-order chi connectivity index (χ0) is 15.3. The van der Waals surface area contributed by atoms with Gasteiger partial charge in [-0.05, 0) is 37.5 Å². The first-order valence-electron chi connectivity index (χ1n) is 7.45. The Kier molecular flexibility index (Phi) is 6.46. The van der Waals surface area contributed by atoms with Crippen LogP contribution in [0.25, 0.3) is 0 Å². The van der Waals surface area contributed by atoms with Crippen molar-refractivity contribution >= 4 is 11.9 Å². The second-order valence-electron chi connectivity index (χ2n) is 6.30. The van der Waals surface area contributed by atoms with E-state index in [1.165, 1.54) is 13.3 Å². The van der Waals surface area contributed by atoms with E-state index in [1.54, 1.807) is 0 Å². The predicted molar refractivity (Wildman–Crippen MR) is 76.3 cm³/mol. The van der Waals surface area contributed by atoms with E-state index in [1.807, 2.05) is 0 Å². The summed E-state index contributed by atoms with van der Waals surface area (Å²) >= 11 is 0. The van der Waals surface area contributed by atoms with Crippen LogP contribution in [-0.4, -0.2) is 35.7 Å². The van der Waals surface area contributed by atoms with E-state index in [4.69, 9.17) is 9.84 Å². The Morgan fingerprint density at radius 2 is 1.95 bits per heavy atom. The Morgan fingerprint density at radius 1 is 1.30 bits per heavy atom. The molecule has 0 aromatic carbocycles. The molecule has 2 N–H and O–H groups in total. The van der Waals surface area contributed by atoms with E-state index >= 15 is 0 Å². The van der Waals surface area contributed by atoms with Crippen molar-refractivity contribution < 1.29 is 19.4 Å². The molecule has 1 aliphatic carbocycles. The Bertz CT molecular complexity index is 343. The van der Waals surface area contributed by atoms with E-state index in [0.29, 0.717) is 17.8 Å². The lowest BCUT2D eigenvalue weighted by molar-refractivity contribution is -0.143. The maximum atomic E-state index is 11.7. The first kappa shape index (κ1) is 17.0. The molecule has 0 spiro atoms. The minimum Gasteiger partial charge on any atom is -0.480 e. The van der Waals surface area contributed by atoms with Gasteiger partial charge in [-0.1, -0.05) is 27.2 Å². The highest BCUT2D eigenvalue weighted by Gasteiger charge is 2.31. The van der Waals surface area contributed by atoms with Crippen LogP contribution < -0.4 is 5.32 Å². The van der Waals surface area contributed by atoms with Gasteiger partial charge in [0, 0.05) is 0 Å². The molecule has 5 nitrogen and oxygen atoms in total. The summed E-state index contributed by atoms with van der Waals surface area (Å²) in [4.78, 5) is 22.3. The fourth-order valence-corrected chi connectivity index (χ4v) is 2.83. The number of carboxylic acid groups (broad SMARTS) is 1. The molecule has 1 saturated carbocycles. The molecule has 0 aromatic rings. The molecule has 0 aromatic heterocycles. The minimum absolute atomic E-state index is 0.0573. The molecule has 0 radical (unpaired) electrons. The Balaban J connectivity index is 2.45. The second kappa shape index (κ2) is 7.62. The molecule has 5 heteroatoms. The zero-order valence-electron chi connectivity index (χ0n) is 12.9. The lowest BCUT2D eigenvalue weighted by atomic mass is 9.75. The van der Waals surface area contributed by atoms with Crippen molar-refractivity contribution in [1.82, 2.24) is 5.32 Å². The number of ether oxygens (including phenoxy) is 1. The molecular formula is C15H27NO4. The molecule has 1 fully saturated rings. The van der Waals surface area contributed by atoms with Gasteiger partial charge in [0.1, 0.15) is 12.6 Å². The molecule has 0 heterocycles. The third kappa shape index (κ3) is 5.12. The summed E-state index contributed by atoms with van der Waals surface area (Å²) in [5, 5.41) is 11.2. The molecule has 4 unspecified atom stereocenters. The standard InChI is InChI=1S/C15H27NO4/c1-9(2)12-6-5-10(3)7-13(12)20-8-14(17)16-11(4)15(18)19/h9-13H,5-8H2,1-4H3,(H,16,17)(H,18,19). The zero-order valence-corrected chi connectivity index (χ0v) is 12.9. The number of nitrogens with one attached hydrogen (secondary N) is 1. The fraction of sp³-hybridized carbons (Fsp3) is 0.867. The number of carbonyl (C=O) groups is 2. The summed E-state index contributed by atoms with van der Waals surface area (Å²) in [5.41, 5.74) is 0. The van der Waals surface area contributed by atoms with Crippen LogP contribution in [0.2, 0.25) is 0 Å². The van der Waals surface area contributed by atoms with Gasteiger partial charge in [-0.2, -0.15) is 0 Å². The molecule has 0 aliphatic heterocycles. The Hall–Kier alpha value is -1.10. The predicted octanol–water partition coefficient (Wildman–Crippen LogP) is 2.05. The molecular weight excluding hydrogens is 258 g/mol. The van der Waals surface area contributed by atoms with E-state index in [9.17, 15) is 9.59 Å². The largest absolute Gasteiger partial charge is 0.480 e. The molecule has 0 bridgehead atoms. The lowest BCUT2D eigenvalue weighted by Gasteiger charge is -2.37. The summed E-state index contributed by atoms with van der Waals surface area (Å²) < 4.78 is 5.76. The topological polar surface area (TPSA) is 75.6 Å². The normalized spacial score (nSPS) is 28.1. The van der Waals surface area contributed by atoms with Gasteiger partial charge in [0.05, 0.1) is 6.10 Å². The first-order chi connectivity index (χ1) is 9.31. The molecule has 20 heavy (non-hydrogen) atoms. The Labute approximate surface area is 121 Å². The monoisotopic (exact) mass is 285 g/mol. The second-order valence-corrected chi connectivity index (χ2v) is 6.30. The van der Waals surface area contributed by atoms with E-state index in [0.717, 1.165) is 12.8 Å². The molecule has 116 valence electrons. The summed E-state index contributed by atoms with van der Waals surface area (Å²) in [7, 11) is 0. The molecule has 4 atom stereocenters. The highest BCUT2D eigenvalue weighted by atomic mass is 16.5. The van der Waals surface area contributed by atoms with Crippen LogP contribution in [-0.2, 0) is 14.3 Å². The van der Waals surface area contributed by atoms with Crippen molar-refractivity contribution in [3.8, 4) is 0 Å². The van der Waals surface area contributed by atoms with Gasteiger partial charge in [0.25, 0.3) is 0 Å². The molecule has 1 rings (SSSR count). The van der Waals surface area contributed by atoms with Crippen LogP contribution in [0.4, 0.5) is 0 Å². The number of carboxylic acids is 1. The third-order valence-corrected chi connectivity index (χ3v) is 4.14. The quantitative estimate of drug-likeness (QED) is 0.783. The van der Waals surface area contributed by atoms with Crippen LogP contribution in [0.15, 0.2) is 0 Å². The van der Waals surface area contributed by atoms with Gasteiger partial charge in [-0.25, -0.2) is 0 Å². The van der Waals surface area contributed by atoms with Gasteiger partial charge in [0.15, 0.2) is 0 Å². The van der Waals surface area contributed by atoms with E-state index < -0.39 is 12.0 Å². The molecule has 0 saturated heterocycles. The lowest BCUT2D eigenvalue weighted by Crippen LogP contribution is -2.42. The van der Waals surface area contributed by atoms with Crippen LogP contribution in [0.3, 0.4) is 0 Å². The summed E-state index contributed by atoms with van der Waals surface area (Å²) in [5.74, 6) is 0.241. The van der Waals surface area contributed by atoms with Crippen LogP contribution in [0.5, 0.6) is 0 Å². The fourth-order valence-electron chi connectivity index (χ4n) is 2.83. The SMILES string of the molecule is CC1CCC(C(C)C)C(OCC(=O)NC(C)C(=O)O)C1. The minimum atomic E-state index is -1.04. The van der Waals surface area contributed by atoms with Crippen molar-refractivity contribution in [2.75, 3.05) is 6.61 Å². The van der Waals surface area contributed by atoms with Crippen LogP contribution in [0.1, 0.15) is 47.0 Å². The van der Waals surface area contributed by atoms with Crippen LogP contribution in [0, 0.1) is 17.8 Å². The summed E-state index contributed by atoms with van der Waals surface area (Å²) in [6.45, 7) is 7.96. The molecule has 1 aliphatic rings. The highest BCUT2D eigenvalue weighted by molar-refractivity contribution is 5.83. The number of carbonyl (C=O) groups excluding carboxylic acids is 1. The summed E-state index contributed by atoms with van der Waals surface area (Å²) in [6.07, 6.45) is 3.43. The van der Waals surface area contributed by atoms with Gasteiger partial charge >= 0.3 is 5.97 Å². The average molecular weight is 285 g/mol. The van der Waals surface area contributed by atoms with Gasteiger partial charge in [0.2, 0.25) is 5.91 Å². The van der Waals surface area contributed by atoms with Crippen molar-refractivity contribution in [3.05, 3.63) is 0 Å². The maximum absolute atomic E-state index is 11.7. The number of hydrogen-bond donors (Lipinski definition) is 2. The first-order valence-corrected chi connectivity index (χ1v) is 7.45. The Morgan fingerprint density at radius 3 is 2.50 bits per heavy atom. The van der Waals surface area contributed by atoms with Gasteiger partial charge in [-0.3, -0.25) is 9.59 Å². The van der Waals surface area contributed by atoms with Gasteiger partial charge < -0.3 is 15.2 Å². The molecule has 1 amide bonds. The van der Waals surface area contributed by atoms with Crippen molar-refractivity contribution in [1.29, 1.82) is 0 Å². The van der Waals surface area contributed by atoms with Crippen molar-refractivity contribution in [2.45, 2.75) is 59.1 Å². The van der Waals surface area contributed by atoms with Crippen molar-refractivity contribution in [2.24, 2.45) is 17.8 Å².